The Morgan fingerprint density at radius 1 is 1.64 bits per heavy atom. The van der Waals surface area contributed by atoms with Gasteiger partial charge in [0.05, 0.1) is 0 Å². The van der Waals surface area contributed by atoms with Gasteiger partial charge in [0.2, 0.25) is 0 Å². The molecule has 0 radical (unpaired) electrons. The van der Waals surface area contributed by atoms with Gasteiger partial charge in [0, 0.05) is 10.9 Å². The Bertz CT molecular complexity index is 292. The third kappa shape index (κ3) is 1.86. The maximum atomic E-state index is 3.66. The molecule has 1 aromatic heterocycles. The van der Waals surface area contributed by atoms with Crippen molar-refractivity contribution >= 4 is 11.3 Å². The van der Waals surface area contributed by atoms with Crippen molar-refractivity contribution in [3.63, 3.8) is 0 Å². The van der Waals surface area contributed by atoms with Crippen LogP contribution in [0.4, 0.5) is 0 Å². The molecule has 2 unspecified atom stereocenters. The summed E-state index contributed by atoms with van der Waals surface area (Å²) in [5, 5.41) is 5.90. The molecule has 2 heteroatoms. The van der Waals surface area contributed by atoms with Gasteiger partial charge in [-0.2, -0.15) is 0 Å². The van der Waals surface area contributed by atoms with E-state index in [1.54, 1.807) is 10.4 Å². The largest absolute Gasteiger partial charge is 0.309 e. The van der Waals surface area contributed by atoms with E-state index in [0.29, 0.717) is 6.04 Å². The summed E-state index contributed by atoms with van der Waals surface area (Å²) < 4.78 is 0. The van der Waals surface area contributed by atoms with Crippen LogP contribution in [0.5, 0.6) is 0 Å². The fraction of sp³-hybridized carbons (Fsp3) is 0.667. The van der Waals surface area contributed by atoms with Gasteiger partial charge in [0.1, 0.15) is 0 Å². The normalized spacial score (nSPS) is 23.1. The van der Waals surface area contributed by atoms with Gasteiger partial charge < -0.3 is 5.32 Å². The Balaban J connectivity index is 2.15. The molecule has 1 aromatic rings. The topological polar surface area (TPSA) is 12.0 Å². The van der Waals surface area contributed by atoms with E-state index in [2.05, 4.69) is 30.6 Å². The third-order valence-electron chi connectivity index (χ3n) is 3.13. The second-order valence-electron chi connectivity index (χ2n) is 4.26. The first-order valence-electron chi connectivity index (χ1n) is 5.62. The molecule has 0 saturated heterocycles. The van der Waals surface area contributed by atoms with Gasteiger partial charge in [-0.3, -0.25) is 0 Å². The van der Waals surface area contributed by atoms with Crippen molar-refractivity contribution in [2.75, 3.05) is 6.54 Å². The molecule has 0 aliphatic carbocycles. The third-order valence-corrected chi connectivity index (χ3v) is 4.18. The maximum absolute atomic E-state index is 3.66. The van der Waals surface area contributed by atoms with Crippen molar-refractivity contribution in [2.24, 2.45) is 5.92 Å². The lowest BCUT2D eigenvalue weighted by molar-refractivity contribution is 0.356. The summed E-state index contributed by atoms with van der Waals surface area (Å²) >= 11 is 1.93. The zero-order chi connectivity index (χ0) is 9.97. The van der Waals surface area contributed by atoms with Crippen LogP contribution in [-0.2, 0) is 6.42 Å². The average Bonchev–Trinajstić information content (AvgIpc) is 2.65. The van der Waals surface area contributed by atoms with E-state index in [4.69, 9.17) is 0 Å². The Hall–Kier alpha value is -0.340. The number of thiophene rings is 1. The molecule has 0 amide bonds. The molecule has 1 aliphatic rings. The first kappa shape index (κ1) is 10.2. The fourth-order valence-electron chi connectivity index (χ4n) is 2.36. The zero-order valence-corrected chi connectivity index (χ0v) is 9.86. The van der Waals surface area contributed by atoms with Crippen LogP contribution >= 0.6 is 11.3 Å². The predicted octanol–water partition coefficient (Wildman–Crippen LogP) is 3.37. The van der Waals surface area contributed by atoms with Crippen molar-refractivity contribution in [3.8, 4) is 0 Å². The van der Waals surface area contributed by atoms with Gasteiger partial charge in [0.25, 0.3) is 0 Å². The quantitative estimate of drug-likeness (QED) is 0.805. The number of rotatable bonds is 3. The van der Waals surface area contributed by atoms with E-state index >= 15 is 0 Å². The molecule has 2 heterocycles. The van der Waals surface area contributed by atoms with Crippen LogP contribution in [0.15, 0.2) is 11.4 Å². The first-order chi connectivity index (χ1) is 6.83. The molecular formula is C12H19NS. The highest BCUT2D eigenvalue weighted by molar-refractivity contribution is 7.10. The molecule has 1 aliphatic heterocycles. The molecular weight excluding hydrogens is 190 g/mol. The van der Waals surface area contributed by atoms with E-state index in [1.165, 1.54) is 19.3 Å². The minimum Gasteiger partial charge on any atom is -0.309 e. The summed E-state index contributed by atoms with van der Waals surface area (Å²) in [4.78, 5) is 1.59. The van der Waals surface area contributed by atoms with Gasteiger partial charge in [0.15, 0.2) is 0 Å². The van der Waals surface area contributed by atoms with E-state index in [0.717, 1.165) is 12.5 Å². The van der Waals surface area contributed by atoms with Gasteiger partial charge >= 0.3 is 0 Å². The number of hydrogen-bond acceptors (Lipinski definition) is 2. The monoisotopic (exact) mass is 209 g/mol. The lowest BCUT2D eigenvalue weighted by atomic mass is 9.91. The molecule has 0 fully saturated rings. The van der Waals surface area contributed by atoms with Crippen LogP contribution in [0, 0.1) is 5.92 Å². The van der Waals surface area contributed by atoms with Crippen LogP contribution in [0.2, 0.25) is 0 Å². The molecule has 78 valence electrons. The maximum Gasteiger partial charge on any atom is 0.0443 e. The zero-order valence-electron chi connectivity index (χ0n) is 9.05. The van der Waals surface area contributed by atoms with E-state index in [-0.39, 0.29) is 0 Å². The van der Waals surface area contributed by atoms with Crippen LogP contribution < -0.4 is 5.32 Å². The Morgan fingerprint density at radius 2 is 2.50 bits per heavy atom. The van der Waals surface area contributed by atoms with Crippen LogP contribution in [0.25, 0.3) is 0 Å². The number of nitrogens with one attached hydrogen (secondary N) is 1. The summed E-state index contributed by atoms with van der Waals surface area (Å²) in [6.07, 6.45) is 3.84. The molecule has 0 bridgehead atoms. The summed E-state index contributed by atoms with van der Waals surface area (Å²) in [6.45, 7) is 5.80. The van der Waals surface area contributed by atoms with E-state index < -0.39 is 0 Å². The Kier molecular flexibility index (Phi) is 3.24. The van der Waals surface area contributed by atoms with E-state index in [1.807, 2.05) is 11.3 Å². The summed E-state index contributed by atoms with van der Waals surface area (Å²) in [7, 11) is 0. The van der Waals surface area contributed by atoms with Gasteiger partial charge in [-0.15, -0.1) is 11.3 Å². The molecule has 1 nitrogen and oxygen atoms in total. The molecule has 2 rings (SSSR count). The smallest absolute Gasteiger partial charge is 0.0443 e. The molecule has 14 heavy (non-hydrogen) atoms. The van der Waals surface area contributed by atoms with Gasteiger partial charge in [-0.25, -0.2) is 0 Å². The summed E-state index contributed by atoms with van der Waals surface area (Å²) in [6, 6.07) is 2.92. The highest BCUT2D eigenvalue weighted by atomic mass is 32.1. The average molecular weight is 209 g/mol. The van der Waals surface area contributed by atoms with Crippen molar-refractivity contribution in [3.05, 3.63) is 21.9 Å². The predicted molar refractivity (Wildman–Crippen MR) is 62.8 cm³/mol. The summed E-state index contributed by atoms with van der Waals surface area (Å²) in [5.74, 6) is 0.776. The van der Waals surface area contributed by atoms with Crippen molar-refractivity contribution in [1.82, 2.24) is 5.32 Å². The minimum absolute atomic E-state index is 0.624. The molecule has 2 atom stereocenters. The second-order valence-corrected chi connectivity index (χ2v) is 5.21. The van der Waals surface area contributed by atoms with Crippen LogP contribution in [0.1, 0.15) is 43.2 Å². The second kappa shape index (κ2) is 4.45. The molecule has 0 saturated carbocycles. The Labute approximate surface area is 90.5 Å². The van der Waals surface area contributed by atoms with Crippen LogP contribution in [-0.4, -0.2) is 6.54 Å². The van der Waals surface area contributed by atoms with E-state index in [9.17, 15) is 0 Å². The SMILES string of the molecule is CCCC(C)C1NCCc2ccsc21. The standard InChI is InChI=1S/C12H19NS/c1-3-4-9(2)11-12-10(5-7-13-11)6-8-14-12/h6,8-9,11,13H,3-5,7H2,1-2H3. The van der Waals surface area contributed by atoms with Crippen LogP contribution in [0.3, 0.4) is 0 Å². The molecule has 1 N–H and O–H groups in total. The highest BCUT2D eigenvalue weighted by Gasteiger charge is 2.24. The van der Waals surface area contributed by atoms with Gasteiger partial charge in [-0.1, -0.05) is 20.3 Å². The first-order valence-corrected chi connectivity index (χ1v) is 6.50. The van der Waals surface area contributed by atoms with Gasteiger partial charge in [-0.05, 0) is 42.3 Å². The summed E-state index contributed by atoms with van der Waals surface area (Å²) in [5.41, 5.74) is 1.58. The van der Waals surface area contributed by atoms with Crippen molar-refractivity contribution < 1.29 is 0 Å². The lowest BCUT2D eigenvalue weighted by Gasteiger charge is -2.29. The van der Waals surface area contributed by atoms with Crippen molar-refractivity contribution in [1.29, 1.82) is 0 Å². The number of fused-ring (bicyclic) bond motifs is 1. The number of hydrogen-bond donors (Lipinski definition) is 1. The minimum atomic E-state index is 0.624. The lowest BCUT2D eigenvalue weighted by Crippen LogP contribution is -2.32. The van der Waals surface area contributed by atoms with Crippen molar-refractivity contribution in [2.45, 2.75) is 39.2 Å². The Morgan fingerprint density at radius 3 is 3.29 bits per heavy atom. The molecule has 0 spiro atoms. The fourth-order valence-corrected chi connectivity index (χ4v) is 3.53. The molecule has 0 aromatic carbocycles. The highest BCUT2D eigenvalue weighted by Crippen LogP contribution is 2.34.